The minimum atomic E-state index is -0.339. The predicted octanol–water partition coefficient (Wildman–Crippen LogP) is 3.52. The number of nitrogens with one attached hydrogen (secondary N) is 1. The van der Waals surface area contributed by atoms with Crippen molar-refractivity contribution in [2.24, 2.45) is 5.10 Å². The molecular weight excluding hydrogens is 328 g/mol. The summed E-state index contributed by atoms with van der Waals surface area (Å²) in [5.41, 5.74) is 4.02. The normalized spacial score (nSPS) is 11.0. The van der Waals surface area contributed by atoms with E-state index in [9.17, 15) is 4.79 Å². The first-order valence-electron chi connectivity index (χ1n) is 7.11. The molecule has 2 aromatic rings. The molecule has 0 spiro atoms. The summed E-state index contributed by atoms with van der Waals surface area (Å²) in [6.45, 7) is 0. The van der Waals surface area contributed by atoms with Crippen molar-refractivity contribution in [2.45, 2.75) is 0 Å². The van der Waals surface area contributed by atoms with Crippen LogP contribution >= 0.6 is 11.6 Å². The number of nitrogens with zero attached hydrogens (tertiary/aromatic N) is 1. The smallest absolute Gasteiger partial charge is 0.264 e. The molecule has 0 aliphatic rings. The van der Waals surface area contributed by atoms with Crippen molar-refractivity contribution in [3.63, 3.8) is 0 Å². The molecule has 0 unspecified atom stereocenters. The molecule has 0 saturated heterocycles. The van der Waals surface area contributed by atoms with Gasteiger partial charge in [-0.1, -0.05) is 23.7 Å². The molecule has 5 nitrogen and oxygen atoms in total. The fourth-order valence-corrected chi connectivity index (χ4v) is 2.00. The molecule has 2 aromatic carbocycles. The molecule has 0 saturated carbocycles. The number of carbonyl (C=O) groups excluding carboxylic acids is 1. The van der Waals surface area contributed by atoms with E-state index in [1.54, 1.807) is 50.6 Å². The van der Waals surface area contributed by atoms with Crippen molar-refractivity contribution in [3.8, 4) is 11.5 Å². The molecule has 0 aromatic heterocycles. The van der Waals surface area contributed by atoms with Crippen LogP contribution in [-0.2, 0) is 4.79 Å². The monoisotopic (exact) mass is 344 g/mol. The molecule has 124 valence electrons. The van der Waals surface area contributed by atoms with E-state index in [-0.39, 0.29) is 5.91 Å². The molecule has 0 atom stereocenters. The van der Waals surface area contributed by atoms with E-state index in [2.05, 4.69) is 10.5 Å². The van der Waals surface area contributed by atoms with Crippen molar-refractivity contribution in [2.75, 3.05) is 14.2 Å². The molecule has 0 aliphatic heterocycles. The van der Waals surface area contributed by atoms with Gasteiger partial charge in [0, 0.05) is 22.7 Å². The third kappa shape index (κ3) is 5.14. The molecule has 0 radical (unpaired) electrons. The Morgan fingerprint density at radius 2 is 1.88 bits per heavy atom. The number of hydrogen-bond donors (Lipinski definition) is 1. The topological polar surface area (TPSA) is 59.9 Å². The molecular formula is C18H17ClN2O3. The summed E-state index contributed by atoms with van der Waals surface area (Å²) in [5.74, 6) is 0.941. The fraction of sp³-hybridized carbons (Fsp3) is 0.111. The second kappa shape index (κ2) is 8.74. The lowest BCUT2D eigenvalue weighted by Gasteiger charge is -2.06. The average Bonchev–Trinajstić information content (AvgIpc) is 2.61. The first-order chi connectivity index (χ1) is 11.6. The van der Waals surface area contributed by atoms with Crippen molar-refractivity contribution < 1.29 is 14.3 Å². The van der Waals surface area contributed by atoms with Gasteiger partial charge in [0.1, 0.15) is 11.5 Å². The second-order valence-electron chi connectivity index (χ2n) is 4.73. The first-order valence-corrected chi connectivity index (χ1v) is 7.49. The highest BCUT2D eigenvalue weighted by molar-refractivity contribution is 6.30. The number of amides is 1. The average molecular weight is 345 g/mol. The maximum Gasteiger partial charge on any atom is 0.264 e. The Morgan fingerprint density at radius 3 is 2.54 bits per heavy atom. The third-order valence-corrected chi connectivity index (χ3v) is 3.37. The maximum absolute atomic E-state index is 11.7. The second-order valence-corrected chi connectivity index (χ2v) is 5.16. The molecule has 0 bridgehead atoms. The van der Waals surface area contributed by atoms with Gasteiger partial charge in [-0.2, -0.15) is 5.10 Å². The maximum atomic E-state index is 11.7. The Balaban J connectivity index is 1.96. The van der Waals surface area contributed by atoms with Crippen LogP contribution in [-0.4, -0.2) is 26.3 Å². The quantitative estimate of drug-likeness (QED) is 0.495. The van der Waals surface area contributed by atoms with Crippen LogP contribution in [0.3, 0.4) is 0 Å². The van der Waals surface area contributed by atoms with Crippen molar-refractivity contribution in [3.05, 3.63) is 64.7 Å². The summed E-state index contributed by atoms with van der Waals surface area (Å²) in [6, 6.07) is 12.5. The molecule has 2 rings (SSSR count). The Hall–Kier alpha value is -2.79. The minimum absolute atomic E-state index is 0.339. The Morgan fingerprint density at radius 1 is 1.12 bits per heavy atom. The van der Waals surface area contributed by atoms with Gasteiger partial charge in [-0.15, -0.1) is 0 Å². The van der Waals surface area contributed by atoms with Gasteiger partial charge >= 0.3 is 0 Å². The zero-order chi connectivity index (χ0) is 17.4. The highest BCUT2D eigenvalue weighted by Crippen LogP contribution is 2.22. The number of benzene rings is 2. The first kappa shape index (κ1) is 17.6. The summed E-state index contributed by atoms with van der Waals surface area (Å²) in [5, 5.41) is 4.56. The summed E-state index contributed by atoms with van der Waals surface area (Å²) in [7, 11) is 3.13. The lowest BCUT2D eigenvalue weighted by atomic mass is 10.2. The lowest BCUT2D eigenvalue weighted by Crippen LogP contribution is -2.14. The van der Waals surface area contributed by atoms with Crippen LogP contribution in [0.2, 0.25) is 5.02 Å². The number of ether oxygens (including phenoxy) is 2. The van der Waals surface area contributed by atoms with E-state index in [0.717, 1.165) is 11.1 Å². The van der Waals surface area contributed by atoms with Crippen LogP contribution < -0.4 is 14.9 Å². The SMILES string of the molecule is COc1ccc(/C=N\NC(=O)/C=C/c2ccc(Cl)cc2)c(OC)c1. The van der Waals surface area contributed by atoms with Crippen LogP contribution in [0.25, 0.3) is 6.08 Å². The summed E-state index contributed by atoms with van der Waals surface area (Å²) in [6.07, 6.45) is 4.58. The summed E-state index contributed by atoms with van der Waals surface area (Å²) >= 11 is 5.80. The zero-order valence-corrected chi connectivity index (χ0v) is 14.1. The van der Waals surface area contributed by atoms with E-state index in [1.807, 2.05) is 12.1 Å². The predicted molar refractivity (Wildman–Crippen MR) is 95.8 cm³/mol. The van der Waals surface area contributed by atoms with Crippen molar-refractivity contribution in [1.82, 2.24) is 5.43 Å². The molecule has 6 heteroatoms. The van der Waals surface area contributed by atoms with E-state index < -0.39 is 0 Å². The standard InChI is InChI=1S/C18H17ClN2O3/c1-23-16-9-6-14(17(11-16)24-2)12-20-21-18(22)10-5-13-3-7-15(19)8-4-13/h3-12H,1-2H3,(H,21,22)/b10-5+,20-12-. The molecule has 1 amide bonds. The largest absolute Gasteiger partial charge is 0.497 e. The lowest BCUT2D eigenvalue weighted by molar-refractivity contribution is -0.116. The molecule has 1 N–H and O–H groups in total. The number of hydrazone groups is 1. The van der Waals surface area contributed by atoms with Crippen LogP contribution in [0.5, 0.6) is 11.5 Å². The van der Waals surface area contributed by atoms with Crippen molar-refractivity contribution >= 4 is 29.8 Å². The van der Waals surface area contributed by atoms with Crippen molar-refractivity contribution in [1.29, 1.82) is 0 Å². The number of methoxy groups -OCH3 is 2. The molecule has 24 heavy (non-hydrogen) atoms. The van der Waals surface area contributed by atoms with Gasteiger partial charge in [-0.05, 0) is 35.9 Å². The zero-order valence-electron chi connectivity index (χ0n) is 13.3. The van der Waals surface area contributed by atoms with Gasteiger partial charge in [-0.3, -0.25) is 4.79 Å². The highest BCUT2D eigenvalue weighted by Gasteiger charge is 2.02. The van der Waals surface area contributed by atoms with Gasteiger partial charge in [0.05, 0.1) is 20.4 Å². The summed E-state index contributed by atoms with van der Waals surface area (Å²) < 4.78 is 10.4. The highest BCUT2D eigenvalue weighted by atomic mass is 35.5. The van der Waals surface area contributed by atoms with Gasteiger partial charge in [0.2, 0.25) is 0 Å². The third-order valence-electron chi connectivity index (χ3n) is 3.12. The van der Waals surface area contributed by atoms with Crippen LogP contribution in [0.1, 0.15) is 11.1 Å². The van der Waals surface area contributed by atoms with E-state index in [4.69, 9.17) is 21.1 Å². The van der Waals surface area contributed by atoms with Gasteiger partial charge in [0.25, 0.3) is 5.91 Å². The van der Waals surface area contributed by atoms with Gasteiger partial charge < -0.3 is 9.47 Å². The van der Waals surface area contributed by atoms with Gasteiger partial charge in [-0.25, -0.2) is 5.43 Å². The van der Waals surface area contributed by atoms with E-state index >= 15 is 0 Å². The van der Waals surface area contributed by atoms with Crippen LogP contribution in [0.15, 0.2) is 53.6 Å². The Kier molecular flexibility index (Phi) is 6.40. The molecule has 0 fully saturated rings. The summed E-state index contributed by atoms with van der Waals surface area (Å²) in [4.78, 5) is 11.7. The van der Waals surface area contributed by atoms with E-state index in [0.29, 0.717) is 16.5 Å². The molecule has 0 heterocycles. The fourth-order valence-electron chi connectivity index (χ4n) is 1.87. The number of hydrogen-bond acceptors (Lipinski definition) is 4. The number of carbonyl (C=O) groups is 1. The van der Waals surface area contributed by atoms with E-state index in [1.165, 1.54) is 12.3 Å². The van der Waals surface area contributed by atoms with Crippen LogP contribution in [0, 0.1) is 0 Å². The molecule has 0 aliphatic carbocycles. The Bertz CT molecular complexity index is 755. The van der Waals surface area contributed by atoms with Crippen LogP contribution in [0.4, 0.5) is 0 Å². The number of rotatable bonds is 6. The number of halogens is 1. The minimum Gasteiger partial charge on any atom is -0.497 e. The van der Waals surface area contributed by atoms with Gasteiger partial charge in [0.15, 0.2) is 0 Å². The Labute approximate surface area is 145 Å².